The van der Waals surface area contributed by atoms with Crippen molar-refractivity contribution in [3.63, 3.8) is 0 Å². The van der Waals surface area contributed by atoms with Crippen LogP contribution < -0.4 is 4.74 Å². The van der Waals surface area contributed by atoms with Gasteiger partial charge in [0.25, 0.3) is 0 Å². The summed E-state index contributed by atoms with van der Waals surface area (Å²) in [6.07, 6.45) is 0.857. The van der Waals surface area contributed by atoms with E-state index in [1.165, 1.54) is 6.20 Å². The van der Waals surface area contributed by atoms with Crippen LogP contribution in [-0.2, 0) is 40.6 Å². The predicted molar refractivity (Wildman–Crippen MR) is 141 cm³/mol. The molecule has 0 bridgehead atoms. The van der Waals surface area contributed by atoms with Crippen molar-refractivity contribution in [3.05, 3.63) is 124 Å². The molecule has 0 saturated heterocycles. The zero-order chi connectivity index (χ0) is 26.6. The van der Waals surface area contributed by atoms with Crippen molar-refractivity contribution >= 4 is 5.95 Å². The van der Waals surface area contributed by atoms with E-state index < -0.39 is 11.2 Å². The van der Waals surface area contributed by atoms with Gasteiger partial charge in [0.15, 0.2) is 6.29 Å². The summed E-state index contributed by atoms with van der Waals surface area (Å²) in [6, 6.07) is 27.7. The Balaban J connectivity index is 1.33. The minimum Gasteiger partial charge on any atom is -0.489 e. The molecule has 0 aliphatic heterocycles. The SMILES string of the molecule is CC(COCc1cnc([N+](=O)[O-])[nH]1)C(OCc1ccccc1)OCc1cccc(OCc2ccccc2)c1. The van der Waals surface area contributed by atoms with Gasteiger partial charge in [-0.1, -0.05) is 84.7 Å². The molecule has 1 N–H and O–H groups in total. The molecule has 0 fully saturated rings. The third kappa shape index (κ3) is 8.52. The molecule has 38 heavy (non-hydrogen) atoms. The Kier molecular flexibility index (Phi) is 9.97. The molecule has 4 rings (SSSR count). The number of imidazole rings is 1. The van der Waals surface area contributed by atoms with Crippen LogP contribution in [0.1, 0.15) is 29.3 Å². The van der Waals surface area contributed by atoms with E-state index in [1.54, 1.807) is 0 Å². The number of H-pyrrole nitrogens is 1. The van der Waals surface area contributed by atoms with E-state index >= 15 is 0 Å². The van der Waals surface area contributed by atoms with Crippen molar-refractivity contribution in [1.29, 1.82) is 0 Å². The van der Waals surface area contributed by atoms with Gasteiger partial charge >= 0.3 is 5.95 Å². The van der Waals surface area contributed by atoms with Crippen LogP contribution in [0.2, 0.25) is 0 Å². The van der Waals surface area contributed by atoms with Crippen LogP contribution in [-0.4, -0.2) is 27.8 Å². The Morgan fingerprint density at radius 2 is 1.47 bits per heavy atom. The average molecular weight is 518 g/mol. The second kappa shape index (κ2) is 14.0. The van der Waals surface area contributed by atoms with Crippen LogP contribution in [0.4, 0.5) is 5.95 Å². The molecule has 0 saturated carbocycles. The van der Waals surface area contributed by atoms with Crippen LogP contribution >= 0.6 is 0 Å². The molecule has 198 valence electrons. The molecule has 0 amide bonds. The fourth-order valence-electron chi connectivity index (χ4n) is 3.72. The van der Waals surface area contributed by atoms with Gasteiger partial charge in [0.05, 0.1) is 19.8 Å². The van der Waals surface area contributed by atoms with E-state index in [1.807, 2.05) is 91.9 Å². The molecule has 1 heterocycles. The van der Waals surface area contributed by atoms with Gasteiger partial charge in [0.1, 0.15) is 30.9 Å². The first-order chi connectivity index (χ1) is 18.6. The van der Waals surface area contributed by atoms with E-state index in [9.17, 15) is 10.1 Å². The number of hydrogen-bond donors (Lipinski definition) is 1. The fourth-order valence-corrected chi connectivity index (χ4v) is 3.72. The van der Waals surface area contributed by atoms with Crippen molar-refractivity contribution < 1.29 is 23.9 Å². The largest absolute Gasteiger partial charge is 0.489 e. The Labute approximate surface area is 221 Å². The molecule has 2 unspecified atom stereocenters. The van der Waals surface area contributed by atoms with Gasteiger partial charge in [-0.25, -0.2) is 4.98 Å². The summed E-state index contributed by atoms with van der Waals surface area (Å²) in [7, 11) is 0. The molecule has 4 aromatic rings. The summed E-state index contributed by atoms with van der Waals surface area (Å²) < 4.78 is 24.1. The lowest BCUT2D eigenvalue weighted by molar-refractivity contribution is -0.393. The highest BCUT2D eigenvalue weighted by atomic mass is 16.7. The molecule has 9 nitrogen and oxygen atoms in total. The Morgan fingerprint density at radius 1 is 0.842 bits per heavy atom. The summed E-state index contributed by atoms with van der Waals surface area (Å²) in [4.78, 5) is 16.6. The third-order valence-corrected chi connectivity index (χ3v) is 5.71. The maximum Gasteiger partial charge on any atom is 0.432 e. The number of benzene rings is 3. The quantitative estimate of drug-likeness (QED) is 0.120. The fraction of sp³-hybridized carbons (Fsp3) is 0.276. The number of rotatable bonds is 15. The van der Waals surface area contributed by atoms with Crippen LogP contribution in [0.25, 0.3) is 0 Å². The van der Waals surface area contributed by atoms with E-state index in [0.717, 1.165) is 22.4 Å². The lowest BCUT2D eigenvalue weighted by Gasteiger charge is -2.25. The number of hydrogen-bond acceptors (Lipinski definition) is 7. The average Bonchev–Trinajstić information content (AvgIpc) is 3.43. The van der Waals surface area contributed by atoms with E-state index in [2.05, 4.69) is 9.97 Å². The van der Waals surface area contributed by atoms with E-state index in [0.29, 0.717) is 32.1 Å². The summed E-state index contributed by atoms with van der Waals surface area (Å²) in [6.45, 7) is 3.68. The highest BCUT2D eigenvalue weighted by molar-refractivity contribution is 5.28. The van der Waals surface area contributed by atoms with Crippen LogP contribution in [0.5, 0.6) is 5.75 Å². The standard InChI is InChI=1S/C29H31N3O6/c1-22(17-35-21-26-16-30-29(31-26)32(33)34)28(37-19-24-11-6-3-7-12-24)38-20-25-13-8-14-27(15-25)36-18-23-9-4-2-5-10-23/h2-16,22,28H,17-21H2,1H3,(H,30,31). The van der Waals surface area contributed by atoms with Gasteiger partial charge in [0, 0.05) is 5.92 Å². The lowest BCUT2D eigenvalue weighted by atomic mass is 10.1. The Morgan fingerprint density at radius 3 is 2.13 bits per heavy atom. The van der Waals surface area contributed by atoms with Crippen molar-refractivity contribution in [2.75, 3.05) is 6.61 Å². The van der Waals surface area contributed by atoms with Crippen LogP contribution in [0.3, 0.4) is 0 Å². The molecule has 2 atom stereocenters. The molecule has 9 heteroatoms. The highest BCUT2D eigenvalue weighted by Crippen LogP contribution is 2.20. The van der Waals surface area contributed by atoms with Gasteiger partial charge in [-0.05, 0) is 33.7 Å². The smallest absolute Gasteiger partial charge is 0.432 e. The van der Waals surface area contributed by atoms with E-state index in [-0.39, 0.29) is 18.5 Å². The summed E-state index contributed by atoms with van der Waals surface area (Å²) in [5, 5.41) is 10.8. The van der Waals surface area contributed by atoms with Crippen LogP contribution in [0.15, 0.2) is 91.1 Å². The normalized spacial score (nSPS) is 12.7. The molecule has 0 radical (unpaired) electrons. The summed E-state index contributed by atoms with van der Waals surface area (Å²) in [5.41, 5.74) is 3.62. The molecule has 0 aliphatic rings. The first-order valence-corrected chi connectivity index (χ1v) is 12.4. The van der Waals surface area contributed by atoms with Crippen LogP contribution in [0, 0.1) is 16.0 Å². The Hall–Kier alpha value is -4.05. The van der Waals surface area contributed by atoms with Gasteiger partial charge in [-0.3, -0.25) is 0 Å². The lowest BCUT2D eigenvalue weighted by Crippen LogP contribution is -2.28. The second-order valence-electron chi connectivity index (χ2n) is 8.88. The first kappa shape index (κ1) is 27.0. The first-order valence-electron chi connectivity index (χ1n) is 12.4. The van der Waals surface area contributed by atoms with Gasteiger partial charge in [-0.15, -0.1) is 0 Å². The Bertz CT molecular complexity index is 1270. The van der Waals surface area contributed by atoms with Crippen molar-refractivity contribution in [2.45, 2.75) is 39.6 Å². The highest BCUT2D eigenvalue weighted by Gasteiger charge is 2.20. The second-order valence-corrected chi connectivity index (χ2v) is 8.88. The molecular formula is C29H31N3O6. The zero-order valence-electron chi connectivity index (χ0n) is 21.2. The van der Waals surface area contributed by atoms with Gasteiger partial charge in [-0.2, -0.15) is 0 Å². The maximum absolute atomic E-state index is 10.8. The minimum absolute atomic E-state index is 0.117. The molecular weight excluding hydrogens is 486 g/mol. The van der Waals surface area contributed by atoms with Crippen molar-refractivity contribution in [2.24, 2.45) is 5.92 Å². The zero-order valence-corrected chi connectivity index (χ0v) is 21.2. The number of nitrogens with zero attached hydrogens (tertiary/aromatic N) is 2. The minimum atomic E-state index is -0.574. The molecule has 1 aromatic heterocycles. The summed E-state index contributed by atoms with van der Waals surface area (Å²) in [5.74, 6) is 0.343. The summed E-state index contributed by atoms with van der Waals surface area (Å²) >= 11 is 0. The van der Waals surface area contributed by atoms with E-state index in [4.69, 9.17) is 18.9 Å². The molecule has 0 aliphatic carbocycles. The van der Waals surface area contributed by atoms with Gasteiger partial charge < -0.3 is 29.1 Å². The number of nitrogens with one attached hydrogen (secondary N) is 1. The predicted octanol–water partition coefficient (Wildman–Crippen LogP) is 5.81. The monoisotopic (exact) mass is 517 g/mol. The number of nitro groups is 1. The number of ether oxygens (including phenoxy) is 4. The topological polar surface area (TPSA) is 109 Å². The number of aromatic amines is 1. The molecule has 0 spiro atoms. The van der Waals surface area contributed by atoms with Crippen molar-refractivity contribution in [1.82, 2.24) is 9.97 Å². The third-order valence-electron chi connectivity index (χ3n) is 5.71. The van der Waals surface area contributed by atoms with Crippen molar-refractivity contribution in [3.8, 4) is 5.75 Å². The number of aromatic nitrogens is 2. The van der Waals surface area contributed by atoms with Gasteiger partial charge in [0.2, 0.25) is 0 Å². The maximum atomic E-state index is 10.8. The molecule has 3 aromatic carbocycles.